The Morgan fingerprint density at radius 3 is 2.38 bits per heavy atom. The van der Waals surface area contributed by atoms with E-state index in [9.17, 15) is 4.79 Å². The van der Waals surface area contributed by atoms with Crippen molar-refractivity contribution in [3.63, 3.8) is 0 Å². The zero-order valence-electron chi connectivity index (χ0n) is 16.1. The molecule has 2 aromatic carbocycles. The molecule has 0 bridgehead atoms. The van der Waals surface area contributed by atoms with Crippen molar-refractivity contribution in [3.05, 3.63) is 53.1 Å². The molecule has 0 spiro atoms. The number of hydrogen-bond donors (Lipinski definition) is 0. The van der Waals surface area contributed by atoms with Crippen molar-refractivity contribution in [2.75, 3.05) is 27.3 Å². The predicted molar refractivity (Wildman–Crippen MR) is 105 cm³/mol. The number of ether oxygens (including phenoxy) is 2. The topological polar surface area (TPSA) is 51.1 Å². The molecule has 2 rings (SSSR count). The molecular formula is C21H26N2O3. The summed E-state index contributed by atoms with van der Waals surface area (Å²) in [6.45, 7) is 6.82. The lowest BCUT2D eigenvalue weighted by Gasteiger charge is -2.12. The third kappa shape index (κ3) is 5.09. The number of benzene rings is 2. The van der Waals surface area contributed by atoms with E-state index in [1.807, 2.05) is 37.9 Å². The normalized spacial score (nSPS) is 10.8. The van der Waals surface area contributed by atoms with Crippen molar-refractivity contribution in [2.24, 2.45) is 4.99 Å². The fourth-order valence-electron chi connectivity index (χ4n) is 2.38. The van der Waals surface area contributed by atoms with Gasteiger partial charge in [0.15, 0.2) is 12.4 Å². The second-order valence-corrected chi connectivity index (χ2v) is 6.16. The van der Waals surface area contributed by atoms with E-state index in [2.05, 4.69) is 11.9 Å². The van der Waals surface area contributed by atoms with E-state index in [4.69, 9.17) is 9.47 Å². The van der Waals surface area contributed by atoms with Gasteiger partial charge in [0.05, 0.1) is 19.1 Å². The summed E-state index contributed by atoms with van der Waals surface area (Å²) in [5, 5.41) is 0. The zero-order valence-corrected chi connectivity index (χ0v) is 16.1. The van der Waals surface area contributed by atoms with Crippen molar-refractivity contribution in [1.29, 1.82) is 0 Å². The van der Waals surface area contributed by atoms with Crippen molar-refractivity contribution < 1.29 is 14.3 Å². The van der Waals surface area contributed by atoms with Crippen LogP contribution in [-0.2, 0) is 0 Å². The minimum absolute atomic E-state index is 0.00615. The summed E-state index contributed by atoms with van der Waals surface area (Å²) < 4.78 is 10.7. The minimum Gasteiger partial charge on any atom is -0.497 e. The van der Waals surface area contributed by atoms with Crippen LogP contribution in [0, 0.1) is 13.8 Å². The Morgan fingerprint density at radius 1 is 1.12 bits per heavy atom. The van der Waals surface area contributed by atoms with Gasteiger partial charge < -0.3 is 14.4 Å². The van der Waals surface area contributed by atoms with Crippen LogP contribution < -0.4 is 9.47 Å². The van der Waals surface area contributed by atoms with Gasteiger partial charge in [0.2, 0.25) is 0 Å². The lowest BCUT2D eigenvalue weighted by Crippen LogP contribution is -2.14. The highest BCUT2D eigenvalue weighted by molar-refractivity contribution is 5.99. The summed E-state index contributed by atoms with van der Waals surface area (Å²) in [5.74, 6) is 1.33. The monoisotopic (exact) mass is 354 g/mol. The van der Waals surface area contributed by atoms with Gasteiger partial charge >= 0.3 is 0 Å². The molecule has 138 valence electrons. The molecule has 0 radical (unpaired) electrons. The molecule has 0 aliphatic heterocycles. The van der Waals surface area contributed by atoms with Gasteiger partial charge in [0, 0.05) is 19.2 Å². The van der Waals surface area contributed by atoms with Crippen LogP contribution in [0.1, 0.15) is 28.4 Å². The van der Waals surface area contributed by atoms with E-state index in [-0.39, 0.29) is 12.4 Å². The van der Waals surface area contributed by atoms with Gasteiger partial charge in [-0.05, 0) is 68.3 Å². The quantitative estimate of drug-likeness (QED) is 0.405. The number of Topliss-reactive ketones (excluding diaryl/α,β-unsaturated/α-hetero) is 1. The third-order valence-corrected chi connectivity index (χ3v) is 4.17. The highest BCUT2D eigenvalue weighted by Gasteiger charge is 2.12. The number of rotatable bonds is 8. The Morgan fingerprint density at radius 2 is 1.77 bits per heavy atom. The lowest BCUT2D eigenvalue weighted by molar-refractivity contribution is 0.0921. The molecule has 5 nitrogen and oxygen atoms in total. The summed E-state index contributed by atoms with van der Waals surface area (Å²) in [7, 11) is 3.58. The molecule has 0 amide bonds. The Kier molecular flexibility index (Phi) is 6.78. The number of hydrogen-bond acceptors (Lipinski definition) is 4. The maximum atomic E-state index is 12.5. The summed E-state index contributed by atoms with van der Waals surface area (Å²) >= 11 is 0. The molecular weight excluding hydrogens is 328 g/mol. The highest BCUT2D eigenvalue weighted by Crippen LogP contribution is 2.24. The number of aryl methyl sites for hydroxylation is 2. The minimum atomic E-state index is -0.0531. The van der Waals surface area contributed by atoms with E-state index in [0.29, 0.717) is 11.3 Å². The molecule has 0 atom stereocenters. The van der Waals surface area contributed by atoms with Crippen molar-refractivity contribution in [3.8, 4) is 11.5 Å². The molecule has 0 unspecified atom stereocenters. The molecule has 0 aromatic heterocycles. The van der Waals surface area contributed by atoms with Crippen LogP contribution in [0.2, 0.25) is 0 Å². The SMILES string of the molecule is CCN(C)/C=N/c1cc(C)c(C(=O)COc2ccc(OC)cc2)cc1C. The van der Waals surface area contributed by atoms with Gasteiger partial charge in [-0.15, -0.1) is 0 Å². The third-order valence-electron chi connectivity index (χ3n) is 4.17. The van der Waals surface area contributed by atoms with E-state index in [1.54, 1.807) is 37.7 Å². The van der Waals surface area contributed by atoms with Gasteiger partial charge in [-0.3, -0.25) is 4.79 Å². The van der Waals surface area contributed by atoms with Crippen LogP contribution in [0.15, 0.2) is 41.4 Å². The van der Waals surface area contributed by atoms with Gasteiger partial charge in [-0.2, -0.15) is 0 Å². The molecule has 0 fully saturated rings. The molecule has 5 heteroatoms. The standard InChI is InChI=1S/C21H26N2O3/c1-6-23(4)14-22-20-12-15(2)19(11-16(20)3)21(24)13-26-18-9-7-17(25-5)8-10-18/h7-12,14H,6,13H2,1-5H3/b22-14+. The lowest BCUT2D eigenvalue weighted by atomic mass is 10.0. The van der Waals surface area contributed by atoms with E-state index in [0.717, 1.165) is 29.1 Å². The summed E-state index contributed by atoms with van der Waals surface area (Å²) in [4.78, 5) is 19.0. The van der Waals surface area contributed by atoms with Crippen LogP contribution in [0.5, 0.6) is 11.5 Å². The molecule has 2 aromatic rings. The summed E-state index contributed by atoms with van der Waals surface area (Å²) in [6.07, 6.45) is 1.80. The predicted octanol–water partition coefficient (Wildman–Crippen LogP) is 4.19. The molecule has 0 heterocycles. The second kappa shape index (κ2) is 9.04. The number of carbonyl (C=O) groups is 1. The van der Waals surface area contributed by atoms with E-state index < -0.39 is 0 Å². The first-order valence-corrected chi connectivity index (χ1v) is 8.60. The number of nitrogens with zero attached hydrogens (tertiary/aromatic N) is 2. The Balaban J connectivity index is 2.08. The fourth-order valence-corrected chi connectivity index (χ4v) is 2.38. The number of ketones is 1. The number of methoxy groups -OCH3 is 1. The zero-order chi connectivity index (χ0) is 19.1. The van der Waals surface area contributed by atoms with Crippen LogP contribution in [0.3, 0.4) is 0 Å². The second-order valence-electron chi connectivity index (χ2n) is 6.16. The van der Waals surface area contributed by atoms with Gasteiger partial charge in [0.25, 0.3) is 0 Å². The maximum absolute atomic E-state index is 12.5. The molecule has 0 saturated heterocycles. The summed E-state index contributed by atoms with van der Waals surface area (Å²) in [6, 6.07) is 11.0. The van der Waals surface area contributed by atoms with Crippen LogP contribution in [-0.4, -0.2) is 44.3 Å². The molecule has 0 aliphatic carbocycles. The van der Waals surface area contributed by atoms with Crippen molar-refractivity contribution in [2.45, 2.75) is 20.8 Å². The fraction of sp³-hybridized carbons (Fsp3) is 0.333. The first-order valence-electron chi connectivity index (χ1n) is 8.60. The van der Waals surface area contributed by atoms with E-state index >= 15 is 0 Å². The first kappa shape index (κ1) is 19.5. The largest absolute Gasteiger partial charge is 0.497 e. The van der Waals surface area contributed by atoms with Crippen LogP contribution in [0.25, 0.3) is 0 Å². The molecule has 0 aliphatic rings. The van der Waals surface area contributed by atoms with Gasteiger partial charge in [-0.25, -0.2) is 4.99 Å². The molecule has 0 N–H and O–H groups in total. The Hall–Kier alpha value is -2.82. The van der Waals surface area contributed by atoms with Crippen LogP contribution >= 0.6 is 0 Å². The average molecular weight is 354 g/mol. The number of carbonyl (C=O) groups excluding carboxylic acids is 1. The molecule has 0 saturated carbocycles. The number of aliphatic imine (C=N–C) groups is 1. The maximum Gasteiger partial charge on any atom is 0.200 e. The van der Waals surface area contributed by atoms with Gasteiger partial charge in [0.1, 0.15) is 11.5 Å². The Bertz CT molecular complexity index is 783. The van der Waals surface area contributed by atoms with Crippen LogP contribution in [0.4, 0.5) is 5.69 Å². The average Bonchev–Trinajstić information content (AvgIpc) is 2.66. The Labute approximate surface area is 155 Å². The van der Waals surface area contributed by atoms with Crippen molar-refractivity contribution >= 4 is 17.8 Å². The molecule has 26 heavy (non-hydrogen) atoms. The van der Waals surface area contributed by atoms with Crippen molar-refractivity contribution in [1.82, 2.24) is 4.90 Å². The summed E-state index contributed by atoms with van der Waals surface area (Å²) in [5.41, 5.74) is 3.39. The highest BCUT2D eigenvalue weighted by atomic mass is 16.5. The first-order chi connectivity index (χ1) is 12.4. The smallest absolute Gasteiger partial charge is 0.200 e. The van der Waals surface area contributed by atoms with E-state index in [1.165, 1.54) is 0 Å². The van der Waals surface area contributed by atoms with Gasteiger partial charge in [-0.1, -0.05) is 0 Å².